The Morgan fingerprint density at radius 1 is 1.19 bits per heavy atom. The van der Waals surface area contributed by atoms with Gasteiger partial charge in [-0.2, -0.15) is 0 Å². The van der Waals surface area contributed by atoms with Gasteiger partial charge in [-0.1, -0.05) is 18.2 Å². The first-order valence-corrected chi connectivity index (χ1v) is 9.44. The molecule has 27 heavy (non-hydrogen) atoms. The quantitative estimate of drug-likeness (QED) is 0.805. The van der Waals surface area contributed by atoms with Gasteiger partial charge in [-0.05, 0) is 65.1 Å². The summed E-state index contributed by atoms with van der Waals surface area (Å²) in [6, 6.07) is 5.81. The fourth-order valence-electron chi connectivity index (χ4n) is 3.16. The van der Waals surface area contributed by atoms with E-state index in [-0.39, 0.29) is 17.2 Å². The van der Waals surface area contributed by atoms with Gasteiger partial charge in [0.05, 0.1) is 30.5 Å². The summed E-state index contributed by atoms with van der Waals surface area (Å²) < 4.78 is 23.3. The van der Waals surface area contributed by atoms with Gasteiger partial charge >= 0.3 is 13.2 Å². The monoisotopic (exact) mass is 375 g/mol. The van der Waals surface area contributed by atoms with Crippen LogP contribution in [0.5, 0.6) is 0 Å². The first-order valence-electron chi connectivity index (χ1n) is 9.44. The summed E-state index contributed by atoms with van der Waals surface area (Å²) in [4.78, 5) is 12.1. The van der Waals surface area contributed by atoms with Crippen LogP contribution < -0.4 is 10.8 Å². The van der Waals surface area contributed by atoms with Crippen LogP contribution in [-0.4, -0.2) is 36.6 Å². The molecule has 1 atom stereocenters. The Morgan fingerprint density at radius 3 is 2.41 bits per heavy atom. The van der Waals surface area contributed by atoms with E-state index in [1.165, 1.54) is 0 Å². The number of amides is 1. The van der Waals surface area contributed by atoms with E-state index in [4.69, 9.17) is 18.8 Å². The molecule has 1 aromatic carbocycles. The van der Waals surface area contributed by atoms with E-state index in [9.17, 15) is 4.79 Å². The van der Waals surface area contributed by atoms with Crippen LogP contribution in [0.2, 0.25) is 0 Å². The van der Waals surface area contributed by atoms with E-state index in [2.05, 4.69) is 5.32 Å². The van der Waals surface area contributed by atoms with Crippen molar-refractivity contribution in [1.29, 1.82) is 0 Å². The molecule has 1 amide bonds. The number of fused-ring (bicyclic) bond motifs is 1. The minimum Gasteiger partial charge on any atom is -0.444 e. The molecule has 1 saturated heterocycles. The van der Waals surface area contributed by atoms with Gasteiger partial charge in [0.1, 0.15) is 5.60 Å². The van der Waals surface area contributed by atoms with Crippen LogP contribution in [0.3, 0.4) is 0 Å². The lowest BCUT2D eigenvalue weighted by Gasteiger charge is -2.32. The van der Waals surface area contributed by atoms with Crippen LogP contribution in [-0.2, 0) is 25.4 Å². The molecule has 2 aliphatic heterocycles. The first-order chi connectivity index (χ1) is 12.4. The number of ether oxygens (including phenoxy) is 2. The third-order valence-electron chi connectivity index (χ3n) is 5.30. The van der Waals surface area contributed by atoms with Gasteiger partial charge in [0.25, 0.3) is 0 Å². The average molecular weight is 375 g/mol. The van der Waals surface area contributed by atoms with Crippen LogP contribution >= 0.6 is 0 Å². The highest BCUT2D eigenvalue weighted by molar-refractivity contribution is 6.62. The van der Waals surface area contributed by atoms with E-state index < -0.39 is 18.8 Å². The maximum atomic E-state index is 12.1. The second-order valence-corrected chi connectivity index (χ2v) is 9.26. The maximum Gasteiger partial charge on any atom is 0.494 e. The zero-order chi connectivity index (χ0) is 20.0. The summed E-state index contributed by atoms with van der Waals surface area (Å²) in [5, 5.41) is 2.90. The van der Waals surface area contributed by atoms with E-state index in [1.54, 1.807) is 0 Å². The van der Waals surface area contributed by atoms with Crippen LogP contribution in [0.1, 0.15) is 65.6 Å². The van der Waals surface area contributed by atoms with Gasteiger partial charge in [0.2, 0.25) is 0 Å². The summed E-state index contributed by atoms with van der Waals surface area (Å²) in [5.41, 5.74) is 1.70. The van der Waals surface area contributed by atoms with Gasteiger partial charge in [0, 0.05) is 0 Å². The minimum absolute atomic E-state index is 0.240. The Morgan fingerprint density at radius 2 is 1.81 bits per heavy atom. The summed E-state index contributed by atoms with van der Waals surface area (Å²) in [5.74, 6) is 0. The Labute approximate surface area is 162 Å². The van der Waals surface area contributed by atoms with Gasteiger partial charge in [0.15, 0.2) is 0 Å². The fraction of sp³-hybridized carbons (Fsp3) is 0.650. The number of benzene rings is 1. The normalized spacial score (nSPS) is 23.7. The average Bonchev–Trinajstić information content (AvgIpc) is 2.73. The SMILES string of the molecule is CC(C)(C)OC(=O)NC1COCc2cc(B3OC(C)(C)C(C)(C)O3)ccc21. The van der Waals surface area contributed by atoms with Crippen molar-refractivity contribution < 1.29 is 23.6 Å². The number of carbonyl (C=O) groups is 1. The van der Waals surface area contributed by atoms with Crippen molar-refractivity contribution in [2.75, 3.05) is 6.61 Å². The zero-order valence-corrected chi connectivity index (χ0v) is 17.3. The topological polar surface area (TPSA) is 66.0 Å². The van der Waals surface area contributed by atoms with E-state index in [1.807, 2.05) is 66.7 Å². The fourth-order valence-corrected chi connectivity index (χ4v) is 3.16. The second kappa shape index (κ2) is 6.80. The third-order valence-corrected chi connectivity index (χ3v) is 5.30. The molecule has 1 N–H and O–H groups in total. The smallest absolute Gasteiger partial charge is 0.444 e. The molecule has 1 aromatic rings. The Hall–Kier alpha value is -1.57. The largest absolute Gasteiger partial charge is 0.494 e. The number of rotatable bonds is 2. The number of hydrogen-bond acceptors (Lipinski definition) is 5. The molecule has 7 heteroatoms. The van der Waals surface area contributed by atoms with Crippen molar-refractivity contribution in [2.24, 2.45) is 0 Å². The highest BCUT2D eigenvalue weighted by Gasteiger charge is 2.51. The molecule has 1 fully saturated rings. The van der Waals surface area contributed by atoms with Gasteiger partial charge in [-0.25, -0.2) is 4.79 Å². The molecule has 0 aliphatic carbocycles. The molecular weight excluding hydrogens is 345 g/mol. The molecule has 2 heterocycles. The summed E-state index contributed by atoms with van der Waals surface area (Å²) in [6.45, 7) is 14.6. The highest BCUT2D eigenvalue weighted by Crippen LogP contribution is 2.36. The lowest BCUT2D eigenvalue weighted by Crippen LogP contribution is -2.41. The van der Waals surface area contributed by atoms with Crippen LogP contribution in [0, 0.1) is 0 Å². The molecule has 0 aromatic heterocycles. The number of alkyl carbamates (subject to hydrolysis) is 1. The van der Waals surface area contributed by atoms with Crippen molar-refractivity contribution in [1.82, 2.24) is 5.32 Å². The summed E-state index contributed by atoms with van der Waals surface area (Å²) >= 11 is 0. The molecule has 0 bridgehead atoms. The summed E-state index contributed by atoms with van der Waals surface area (Å²) in [7, 11) is -0.417. The molecule has 0 spiro atoms. The van der Waals surface area contributed by atoms with E-state index >= 15 is 0 Å². The van der Waals surface area contributed by atoms with Crippen molar-refractivity contribution in [3.8, 4) is 0 Å². The molecule has 148 valence electrons. The Kier molecular flexibility index (Phi) is 5.08. The lowest BCUT2D eigenvalue weighted by molar-refractivity contribution is 0.00578. The molecule has 0 saturated carbocycles. The highest BCUT2D eigenvalue weighted by atomic mass is 16.7. The van der Waals surface area contributed by atoms with Crippen molar-refractivity contribution in [2.45, 2.75) is 77.9 Å². The lowest BCUT2D eigenvalue weighted by atomic mass is 9.77. The third kappa shape index (κ3) is 4.31. The zero-order valence-electron chi connectivity index (χ0n) is 17.3. The Bertz CT molecular complexity index is 710. The second-order valence-electron chi connectivity index (χ2n) is 9.26. The molecule has 0 radical (unpaired) electrons. The Balaban J connectivity index is 1.77. The number of hydrogen-bond donors (Lipinski definition) is 1. The summed E-state index contributed by atoms with van der Waals surface area (Å²) in [6.07, 6.45) is -0.445. The van der Waals surface area contributed by atoms with Crippen molar-refractivity contribution >= 4 is 18.7 Å². The molecule has 6 nitrogen and oxygen atoms in total. The van der Waals surface area contributed by atoms with Crippen LogP contribution in [0.4, 0.5) is 4.79 Å². The van der Waals surface area contributed by atoms with Crippen LogP contribution in [0.25, 0.3) is 0 Å². The van der Waals surface area contributed by atoms with Crippen molar-refractivity contribution in [3.05, 3.63) is 29.3 Å². The predicted molar refractivity (Wildman–Crippen MR) is 104 cm³/mol. The van der Waals surface area contributed by atoms with Crippen LogP contribution in [0.15, 0.2) is 18.2 Å². The van der Waals surface area contributed by atoms with E-state index in [0.29, 0.717) is 13.2 Å². The number of carbonyl (C=O) groups excluding carboxylic acids is 1. The molecular formula is C20H30BNO5. The standard InChI is InChI=1S/C20H30BNO5/c1-18(2,3)25-17(23)22-16-12-24-11-13-10-14(8-9-15(13)16)21-26-19(4,5)20(6,7)27-21/h8-10,16H,11-12H2,1-7H3,(H,22,23). The van der Waals surface area contributed by atoms with Gasteiger partial charge in [-0.3, -0.25) is 0 Å². The number of nitrogens with one attached hydrogen (secondary N) is 1. The predicted octanol–water partition coefficient (Wildman–Crippen LogP) is 3.08. The molecule has 1 unspecified atom stereocenters. The van der Waals surface area contributed by atoms with Crippen molar-refractivity contribution in [3.63, 3.8) is 0 Å². The molecule has 3 rings (SSSR count). The first kappa shape index (κ1) is 20.2. The maximum absolute atomic E-state index is 12.1. The van der Waals surface area contributed by atoms with E-state index in [0.717, 1.165) is 16.6 Å². The molecule has 2 aliphatic rings. The van der Waals surface area contributed by atoms with Gasteiger partial charge < -0.3 is 24.1 Å². The minimum atomic E-state index is -0.539. The van der Waals surface area contributed by atoms with Gasteiger partial charge in [-0.15, -0.1) is 0 Å².